The van der Waals surface area contributed by atoms with Crippen LogP contribution in [0.2, 0.25) is 0 Å². The van der Waals surface area contributed by atoms with Crippen molar-refractivity contribution in [2.45, 2.75) is 23.8 Å². The van der Waals surface area contributed by atoms with Crippen molar-refractivity contribution in [2.75, 3.05) is 13.1 Å². The Hall–Kier alpha value is -0.910. The molecule has 0 bridgehead atoms. The number of hydrogen-bond donors (Lipinski definition) is 1. The van der Waals surface area contributed by atoms with Crippen LogP contribution in [0.4, 0.5) is 0 Å². The zero-order valence-electron chi connectivity index (χ0n) is 10.2. The highest BCUT2D eigenvalue weighted by atomic mass is 32.2. The molecule has 0 amide bonds. The summed E-state index contributed by atoms with van der Waals surface area (Å²) in [6, 6.07) is 8.61. The molecular weight excluding hydrogens is 248 g/mol. The summed E-state index contributed by atoms with van der Waals surface area (Å²) in [4.78, 5) is 0.369. The summed E-state index contributed by atoms with van der Waals surface area (Å²) in [6.07, 6.45) is 2.41. The SMILES string of the molecule is N[C@H]1CN(S(=O)(=O)c2ccccc2)C[C@@H]1C1CC1. The Bertz CT molecular complexity index is 525. The van der Waals surface area contributed by atoms with E-state index in [1.165, 1.54) is 12.8 Å². The molecule has 1 saturated carbocycles. The lowest BCUT2D eigenvalue weighted by Gasteiger charge is -2.16. The maximum absolute atomic E-state index is 12.4. The van der Waals surface area contributed by atoms with Gasteiger partial charge in [0.2, 0.25) is 10.0 Å². The highest BCUT2D eigenvalue weighted by Crippen LogP contribution is 2.41. The standard InChI is InChI=1S/C13H18N2O2S/c14-13-9-15(8-12(13)10-6-7-10)18(16,17)11-4-2-1-3-5-11/h1-5,10,12-13H,6-9,14H2/t12-,13+/m1/s1. The molecule has 1 aromatic carbocycles. The molecule has 1 aromatic rings. The van der Waals surface area contributed by atoms with E-state index in [-0.39, 0.29) is 6.04 Å². The second-order valence-corrected chi connectivity index (χ2v) is 7.24. The van der Waals surface area contributed by atoms with Crippen molar-refractivity contribution in [1.82, 2.24) is 4.31 Å². The Kier molecular flexibility index (Phi) is 2.92. The van der Waals surface area contributed by atoms with Crippen LogP contribution in [0.1, 0.15) is 12.8 Å². The molecule has 1 heterocycles. The fraction of sp³-hybridized carbons (Fsp3) is 0.538. The average molecular weight is 266 g/mol. The first-order valence-electron chi connectivity index (χ1n) is 6.40. The van der Waals surface area contributed by atoms with Crippen LogP contribution in [0.5, 0.6) is 0 Å². The summed E-state index contributed by atoms with van der Waals surface area (Å²) in [5, 5.41) is 0. The highest BCUT2D eigenvalue weighted by molar-refractivity contribution is 7.89. The Morgan fingerprint density at radius 2 is 1.78 bits per heavy atom. The highest BCUT2D eigenvalue weighted by Gasteiger charge is 2.44. The number of nitrogens with zero attached hydrogens (tertiary/aromatic N) is 1. The van der Waals surface area contributed by atoms with Crippen molar-refractivity contribution in [3.8, 4) is 0 Å². The second-order valence-electron chi connectivity index (χ2n) is 5.30. The monoisotopic (exact) mass is 266 g/mol. The third-order valence-corrected chi connectivity index (χ3v) is 5.83. The summed E-state index contributed by atoms with van der Waals surface area (Å²) in [6.45, 7) is 1.04. The maximum Gasteiger partial charge on any atom is 0.243 e. The molecule has 4 nitrogen and oxygen atoms in total. The van der Waals surface area contributed by atoms with Gasteiger partial charge in [0.1, 0.15) is 0 Å². The molecule has 18 heavy (non-hydrogen) atoms. The van der Waals surface area contributed by atoms with E-state index in [0.29, 0.717) is 29.8 Å². The molecule has 1 aliphatic carbocycles. The molecular formula is C13H18N2O2S. The van der Waals surface area contributed by atoms with Crippen molar-refractivity contribution in [1.29, 1.82) is 0 Å². The zero-order valence-corrected chi connectivity index (χ0v) is 11.0. The fourth-order valence-electron chi connectivity index (χ4n) is 2.78. The number of sulfonamides is 1. The van der Waals surface area contributed by atoms with Crippen molar-refractivity contribution in [2.24, 2.45) is 17.6 Å². The number of hydrogen-bond acceptors (Lipinski definition) is 3. The Morgan fingerprint density at radius 3 is 2.39 bits per heavy atom. The van der Waals surface area contributed by atoms with Crippen LogP contribution in [-0.4, -0.2) is 31.9 Å². The van der Waals surface area contributed by atoms with Gasteiger partial charge in [-0.15, -0.1) is 0 Å². The number of benzene rings is 1. The summed E-state index contributed by atoms with van der Waals surface area (Å²) < 4.78 is 26.4. The van der Waals surface area contributed by atoms with Crippen LogP contribution in [0, 0.1) is 11.8 Å². The van der Waals surface area contributed by atoms with Gasteiger partial charge in [-0.25, -0.2) is 8.42 Å². The lowest BCUT2D eigenvalue weighted by molar-refractivity contribution is 0.428. The summed E-state index contributed by atoms with van der Waals surface area (Å²) in [5.74, 6) is 1.000. The molecule has 2 fully saturated rings. The van der Waals surface area contributed by atoms with Crippen LogP contribution in [-0.2, 0) is 10.0 Å². The lowest BCUT2D eigenvalue weighted by Crippen LogP contribution is -2.32. The van der Waals surface area contributed by atoms with Gasteiger partial charge in [0.15, 0.2) is 0 Å². The van der Waals surface area contributed by atoms with E-state index in [1.54, 1.807) is 28.6 Å². The van der Waals surface area contributed by atoms with Crippen LogP contribution in [0.3, 0.4) is 0 Å². The van der Waals surface area contributed by atoms with E-state index in [0.717, 1.165) is 0 Å². The van der Waals surface area contributed by atoms with Crippen molar-refractivity contribution < 1.29 is 8.42 Å². The maximum atomic E-state index is 12.4. The Balaban J connectivity index is 1.83. The van der Waals surface area contributed by atoms with Crippen molar-refractivity contribution in [3.63, 3.8) is 0 Å². The first-order chi connectivity index (χ1) is 8.59. The van der Waals surface area contributed by atoms with Crippen LogP contribution in [0.15, 0.2) is 35.2 Å². The van der Waals surface area contributed by atoms with Crippen LogP contribution >= 0.6 is 0 Å². The summed E-state index contributed by atoms with van der Waals surface area (Å²) in [5.41, 5.74) is 6.08. The predicted molar refractivity (Wildman–Crippen MR) is 69.4 cm³/mol. The molecule has 5 heteroatoms. The first kappa shape index (κ1) is 12.1. The Labute approximate surface area is 108 Å². The molecule has 98 valence electrons. The molecule has 0 unspecified atom stereocenters. The third-order valence-electron chi connectivity index (χ3n) is 3.99. The molecule has 1 aliphatic heterocycles. The van der Waals surface area contributed by atoms with E-state index >= 15 is 0 Å². The second kappa shape index (κ2) is 4.33. The number of rotatable bonds is 3. The number of nitrogens with two attached hydrogens (primary N) is 1. The van der Waals surface area contributed by atoms with Crippen molar-refractivity contribution in [3.05, 3.63) is 30.3 Å². The average Bonchev–Trinajstić information content (AvgIpc) is 3.13. The first-order valence-corrected chi connectivity index (χ1v) is 7.84. The van der Waals surface area contributed by atoms with Gasteiger partial charge in [0, 0.05) is 19.1 Å². The quantitative estimate of drug-likeness (QED) is 0.889. The van der Waals surface area contributed by atoms with Gasteiger partial charge in [0.25, 0.3) is 0 Å². The summed E-state index contributed by atoms with van der Waals surface area (Å²) in [7, 11) is -3.36. The summed E-state index contributed by atoms with van der Waals surface area (Å²) >= 11 is 0. The van der Waals surface area contributed by atoms with E-state index in [2.05, 4.69) is 0 Å². The minimum absolute atomic E-state index is 0.00372. The van der Waals surface area contributed by atoms with Crippen molar-refractivity contribution >= 4 is 10.0 Å². The lowest BCUT2D eigenvalue weighted by atomic mass is 9.99. The van der Waals surface area contributed by atoms with E-state index in [1.807, 2.05) is 6.07 Å². The van der Waals surface area contributed by atoms with Gasteiger partial charge >= 0.3 is 0 Å². The van der Waals surface area contributed by atoms with E-state index in [9.17, 15) is 8.42 Å². The molecule has 2 aliphatic rings. The van der Waals surface area contributed by atoms with Gasteiger partial charge in [-0.1, -0.05) is 18.2 Å². The minimum atomic E-state index is -3.36. The topological polar surface area (TPSA) is 63.4 Å². The molecule has 3 rings (SSSR count). The molecule has 0 spiro atoms. The van der Waals surface area contributed by atoms with Gasteiger partial charge in [-0.3, -0.25) is 0 Å². The van der Waals surface area contributed by atoms with Gasteiger partial charge < -0.3 is 5.73 Å². The molecule has 2 N–H and O–H groups in total. The van der Waals surface area contributed by atoms with Crippen LogP contribution in [0.25, 0.3) is 0 Å². The molecule has 2 atom stereocenters. The Morgan fingerprint density at radius 1 is 1.11 bits per heavy atom. The fourth-order valence-corrected chi connectivity index (χ4v) is 4.31. The molecule has 0 radical (unpaired) electrons. The van der Waals surface area contributed by atoms with Crippen LogP contribution < -0.4 is 5.73 Å². The molecule has 1 saturated heterocycles. The zero-order chi connectivity index (χ0) is 12.8. The smallest absolute Gasteiger partial charge is 0.243 e. The van der Waals surface area contributed by atoms with Gasteiger partial charge in [-0.05, 0) is 36.8 Å². The van der Waals surface area contributed by atoms with Gasteiger partial charge in [-0.2, -0.15) is 4.31 Å². The predicted octanol–water partition coefficient (Wildman–Crippen LogP) is 1.04. The van der Waals surface area contributed by atoms with E-state index < -0.39 is 10.0 Å². The minimum Gasteiger partial charge on any atom is -0.326 e. The largest absolute Gasteiger partial charge is 0.326 e. The third kappa shape index (κ3) is 2.06. The van der Waals surface area contributed by atoms with Gasteiger partial charge in [0.05, 0.1) is 4.90 Å². The molecule has 0 aromatic heterocycles. The van der Waals surface area contributed by atoms with E-state index in [4.69, 9.17) is 5.73 Å². The normalized spacial score (nSPS) is 29.6.